The second kappa shape index (κ2) is 4.65. The van der Waals surface area contributed by atoms with Crippen LogP contribution in [0, 0.1) is 0 Å². The van der Waals surface area contributed by atoms with Crippen molar-refractivity contribution in [2.75, 3.05) is 7.05 Å². The van der Waals surface area contributed by atoms with Crippen LogP contribution in [0.2, 0.25) is 0 Å². The molecule has 0 saturated carbocycles. The fraction of sp³-hybridized carbons (Fsp3) is 0.0833. The normalized spacial score (nSPS) is 11.4. The van der Waals surface area contributed by atoms with Crippen molar-refractivity contribution in [3.05, 3.63) is 48.8 Å². The molecule has 1 aromatic heterocycles. The molecule has 4 nitrogen and oxygen atoms in total. The third kappa shape index (κ3) is 2.35. The van der Waals surface area contributed by atoms with Gasteiger partial charge in [-0.05, 0) is 19.2 Å². The smallest absolute Gasteiger partial charge is 0.240 e. The summed E-state index contributed by atoms with van der Waals surface area (Å²) in [6, 6.07) is 10.5. The zero-order chi connectivity index (χ0) is 12.3. The zero-order valence-corrected chi connectivity index (χ0v) is 10.1. The number of benzene rings is 1. The average molecular weight is 248 g/mol. The Bertz CT molecular complexity index is 609. The van der Waals surface area contributed by atoms with Crippen molar-refractivity contribution in [2.45, 2.75) is 4.90 Å². The van der Waals surface area contributed by atoms with E-state index in [1.165, 1.54) is 7.05 Å². The van der Waals surface area contributed by atoms with Crippen molar-refractivity contribution in [3.8, 4) is 11.1 Å². The Balaban J connectivity index is 2.65. The molecule has 2 rings (SSSR count). The molecule has 0 aliphatic heterocycles. The van der Waals surface area contributed by atoms with Crippen LogP contribution < -0.4 is 4.72 Å². The van der Waals surface area contributed by atoms with E-state index in [9.17, 15) is 8.42 Å². The first kappa shape index (κ1) is 11.8. The second-order valence-electron chi connectivity index (χ2n) is 3.45. The van der Waals surface area contributed by atoms with Gasteiger partial charge in [0.15, 0.2) is 0 Å². The van der Waals surface area contributed by atoms with Gasteiger partial charge in [0.2, 0.25) is 10.0 Å². The average Bonchev–Trinajstić information content (AvgIpc) is 2.40. The molecule has 5 heteroatoms. The number of sulfonamides is 1. The molecule has 0 unspecified atom stereocenters. The quantitative estimate of drug-likeness (QED) is 0.898. The van der Waals surface area contributed by atoms with Gasteiger partial charge in [-0.25, -0.2) is 13.1 Å². The molecule has 0 amide bonds. The maximum atomic E-state index is 11.9. The van der Waals surface area contributed by atoms with E-state index in [4.69, 9.17) is 0 Å². The second-order valence-corrected chi connectivity index (χ2v) is 5.30. The Kier molecular flexibility index (Phi) is 3.21. The highest BCUT2D eigenvalue weighted by atomic mass is 32.2. The van der Waals surface area contributed by atoms with E-state index >= 15 is 0 Å². The van der Waals surface area contributed by atoms with E-state index in [0.717, 1.165) is 5.56 Å². The van der Waals surface area contributed by atoms with Crippen LogP contribution in [0.4, 0.5) is 0 Å². The van der Waals surface area contributed by atoms with Gasteiger partial charge in [-0.2, -0.15) is 0 Å². The van der Waals surface area contributed by atoms with Gasteiger partial charge in [-0.3, -0.25) is 4.98 Å². The molecule has 88 valence electrons. The first-order valence-corrected chi connectivity index (χ1v) is 6.56. The Morgan fingerprint density at radius 1 is 1.12 bits per heavy atom. The molecule has 0 bridgehead atoms. The minimum atomic E-state index is -3.45. The largest absolute Gasteiger partial charge is 0.264 e. The lowest BCUT2D eigenvalue weighted by Crippen LogP contribution is -2.19. The third-order valence-corrected chi connectivity index (χ3v) is 3.89. The molecule has 2 aromatic rings. The van der Waals surface area contributed by atoms with Crippen molar-refractivity contribution in [1.29, 1.82) is 0 Å². The maximum absolute atomic E-state index is 11.9. The minimum absolute atomic E-state index is 0.260. The van der Waals surface area contributed by atoms with Gasteiger partial charge in [0.05, 0.1) is 4.90 Å². The van der Waals surface area contributed by atoms with Gasteiger partial charge in [0, 0.05) is 23.5 Å². The molecule has 0 fully saturated rings. The number of rotatable bonds is 3. The number of hydrogen-bond acceptors (Lipinski definition) is 3. The number of nitrogens with one attached hydrogen (secondary N) is 1. The molecular formula is C12H12N2O2S. The Morgan fingerprint density at radius 3 is 2.53 bits per heavy atom. The van der Waals surface area contributed by atoms with Gasteiger partial charge < -0.3 is 0 Å². The highest BCUT2D eigenvalue weighted by Crippen LogP contribution is 2.25. The summed E-state index contributed by atoms with van der Waals surface area (Å²) in [7, 11) is -2.06. The lowest BCUT2D eigenvalue weighted by atomic mass is 10.1. The van der Waals surface area contributed by atoms with Crippen LogP contribution in [0.15, 0.2) is 53.7 Å². The van der Waals surface area contributed by atoms with E-state index in [2.05, 4.69) is 9.71 Å². The summed E-state index contributed by atoms with van der Waals surface area (Å²) in [6.45, 7) is 0. The predicted octanol–water partition coefficient (Wildman–Crippen LogP) is 1.66. The fourth-order valence-corrected chi connectivity index (χ4v) is 2.52. The molecule has 17 heavy (non-hydrogen) atoms. The van der Waals surface area contributed by atoms with Gasteiger partial charge in [0.1, 0.15) is 0 Å². The topological polar surface area (TPSA) is 59.1 Å². The fourth-order valence-electron chi connectivity index (χ4n) is 1.57. The van der Waals surface area contributed by atoms with Crippen molar-refractivity contribution in [1.82, 2.24) is 9.71 Å². The summed E-state index contributed by atoms with van der Waals surface area (Å²) >= 11 is 0. The van der Waals surface area contributed by atoms with E-state index in [1.807, 2.05) is 6.07 Å². The minimum Gasteiger partial charge on any atom is -0.264 e. The molecule has 1 N–H and O–H groups in total. The van der Waals surface area contributed by atoms with Gasteiger partial charge in [-0.15, -0.1) is 0 Å². The monoisotopic (exact) mass is 248 g/mol. The molecule has 0 radical (unpaired) electrons. The van der Waals surface area contributed by atoms with Crippen LogP contribution >= 0.6 is 0 Å². The molecular weight excluding hydrogens is 236 g/mol. The predicted molar refractivity (Wildman–Crippen MR) is 65.9 cm³/mol. The summed E-state index contributed by atoms with van der Waals surface area (Å²) in [5.41, 5.74) is 1.43. The van der Waals surface area contributed by atoms with Crippen LogP contribution in [0.25, 0.3) is 11.1 Å². The van der Waals surface area contributed by atoms with Gasteiger partial charge in [-0.1, -0.05) is 24.3 Å². The molecule has 0 aliphatic rings. The molecule has 0 aliphatic carbocycles. The highest BCUT2D eigenvalue weighted by molar-refractivity contribution is 7.89. The van der Waals surface area contributed by atoms with E-state index in [1.54, 1.807) is 42.7 Å². The lowest BCUT2D eigenvalue weighted by Gasteiger charge is -2.09. The number of nitrogens with zero attached hydrogens (tertiary/aromatic N) is 1. The van der Waals surface area contributed by atoms with Crippen molar-refractivity contribution in [3.63, 3.8) is 0 Å². The molecule has 1 heterocycles. The maximum Gasteiger partial charge on any atom is 0.240 e. The van der Waals surface area contributed by atoms with Crippen molar-refractivity contribution >= 4 is 10.0 Å². The molecule has 0 atom stereocenters. The van der Waals surface area contributed by atoms with Crippen LogP contribution in [0.5, 0.6) is 0 Å². The Morgan fingerprint density at radius 2 is 1.88 bits per heavy atom. The summed E-state index contributed by atoms with van der Waals surface area (Å²) in [6.07, 6.45) is 3.29. The van der Waals surface area contributed by atoms with Crippen LogP contribution in [0.3, 0.4) is 0 Å². The van der Waals surface area contributed by atoms with Crippen molar-refractivity contribution < 1.29 is 8.42 Å². The van der Waals surface area contributed by atoms with E-state index in [0.29, 0.717) is 5.56 Å². The van der Waals surface area contributed by atoms with Crippen LogP contribution in [0.1, 0.15) is 0 Å². The lowest BCUT2D eigenvalue weighted by molar-refractivity contribution is 0.588. The van der Waals surface area contributed by atoms with E-state index in [-0.39, 0.29) is 4.90 Å². The molecule has 0 spiro atoms. The SMILES string of the molecule is CNS(=O)(=O)c1ccccc1-c1cccnc1. The Hall–Kier alpha value is -1.72. The first-order chi connectivity index (χ1) is 8.15. The highest BCUT2D eigenvalue weighted by Gasteiger charge is 2.16. The third-order valence-electron chi connectivity index (χ3n) is 2.42. The molecule has 1 aromatic carbocycles. The van der Waals surface area contributed by atoms with Gasteiger partial charge in [0.25, 0.3) is 0 Å². The van der Waals surface area contributed by atoms with E-state index < -0.39 is 10.0 Å². The standard InChI is InChI=1S/C12H12N2O2S/c1-13-17(15,16)12-7-3-2-6-11(12)10-5-4-8-14-9-10/h2-9,13H,1H3. The van der Waals surface area contributed by atoms with Crippen LogP contribution in [-0.2, 0) is 10.0 Å². The van der Waals surface area contributed by atoms with Crippen molar-refractivity contribution in [2.24, 2.45) is 0 Å². The number of hydrogen-bond donors (Lipinski definition) is 1. The molecule has 0 saturated heterocycles. The Labute approximate surface area is 100 Å². The summed E-state index contributed by atoms with van der Waals surface area (Å²) in [5.74, 6) is 0. The summed E-state index contributed by atoms with van der Waals surface area (Å²) < 4.78 is 26.0. The van der Waals surface area contributed by atoms with Crippen LogP contribution in [-0.4, -0.2) is 20.4 Å². The summed E-state index contributed by atoms with van der Waals surface area (Å²) in [4.78, 5) is 4.25. The zero-order valence-electron chi connectivity index (χ0n) is 9.29. The first-order valence-electron chi connectivity index (χ1n) is 5.08. The summed E-state index contributed by atoms with van der Waals surface area (Å²) in [5, 5.41) is 0. The number of pyridine rings is 1. The van der Waals surface area contributed by atoms with Gasteiger partial charge >= 0.3 is 0 Å². The number of aromatic nitrogens is 1.